The van der Waals surface area contributed by atoms with Gasteiger partial charge in [0.25, 0.3) is 0 Å². The molecule has 0 fully saturated rings. The smallest absolute Gasteiger partial charge is 0.351 e. The zero-order valence-electron chi connectivity index (χ0n) is 15.5. The van der Waals surface area contributed by atoms with Gasteiger partial charge in [-0.3, -0.25) is 0 Å². The van der Waals surface area contributed by atoms with Crippen LogP contribution in [0, 0.1) is 13.8 Å². The maximum atomic E-state index is 12.4. The van der Waals surface area contributed by atoms with E-state index >= 15 is 0 Å². The molecule has 0 radical (unpaired) electrons. The van der Waals surface area contributed by atoms with Crippen LogP contribution in [0.25, 0.3) is 10.1 Å². The lowest BCUT2D eigenvalue weighted by Gasteiger charge is -2.11. The number of benzene rings is 2. The Labute approximate surface area is 161 Å². The predicted molar refractivity (Wildman–Crippen MR) is 108 cm³/mol. The van der Waals surface area contributed by atoms with Crippen LogP contribution in [-0.2, 0) is 4.74 Å². The molecule has 0 bridgehead atoms. The Morgan fingerprint density at radius 1 is 1.00 bits per heavy atom. The van der Waals surface area contributed by atoms with Crippen LogP contribution in [0.5, 0.6) is 5.75 Å². The lowest BCUT2D eigenvalue weighted by molar-refractivity contribution is 0.0603. The number of fused-ring (bicyclic) bond motifs is 1. The van der Waals surface area contributed by atoms with Gasteiger partial charge in [0.15, 0.2) is 10.6 Å². The molecule has 3 aromatic rings. The molecule has 2 aromatic carbocycles. The van der Waals surface area contributed by atoms with Crippen molar-refractivity contribution in [2.45, 2.75) is 13.8 Å². The van der Waals surface area contributed by atoms with Crippen LogP contribution >= 0.6 is 11.3 Å². The molecule has 27 heavy (non-hydrogen) atoms. The fourth-order valence-electron chi connectivity index (χ4n) is 2.74. The van der Waals surface area contributed by atoms with Crippen molar-refractivity contribution in [2.24, 2.45) is 0 Å². The van der Waals surface area contributed by atoms with Gasteiger partial charge in [0.2, 0.25) is 0 Å². The first-order chi connectivity index (χ1) is 12.9. The minimum absolute atomic E-state index is 0.342. The number of anilines is 2. The summed E-state index contributed by atoms with van der Waals surface area (Å²) in [5.74, 6) is -0.00402. The fourth-order valence-corrected chi connectivity index (χ4v) is 3.81. The molecule has 2 amide bonds. The summed E-state index contributed by atoms with van der Waals surface area (Å²) in [6.45, 7) is 3.91. The second-order valence-corrected chi connectivity index (χ2v) is 7.12. The lowest BCUT2D eigenvalue weighted by atomic mass is 10.1. The number of hydrogen-bond donors (Lipinski definition) is 2. The zero-order valence-corrected chi connectivity index (χ0v) is 16.3. The minimum atomic E-state index is -0.449. The molecule has 3 rings (SSSR count). The highest BCUT2D eigenvalue weighted by Gasteiger charge is 2.20. The van der Waals surface area contributed by atoms with Gasteiger partial charge < -0.3 is 20.1 Å². The highest BCUT2D eigenvalue weighted by molar-refractivity contribution is 7.21. The predicted octanol–water partition coefficient (Wildman–Crippen LogP) is 4.96. The highest BCUT2D eigenvalue weighted by atomic mass is 32.1. The van der Waals surface area contributed by atoms with Gasteiger partial charge in [0, 0.05) is 21.5 Å². The molecule has 0 saturated heterocycles. The number of hydrogen-bond acceptors (Lipinski definition) is 5. The van der Waals surface area contributed by atoms with Gasteiger partial charge >= 0.3 is 12.0 Å². The molecule has 7 heteroatoms. The molecule has 0 aliphatic rings. The zero-order chi connectivity index (χ0) is 19.6. The summed E-state index contributed by atoms with van der Waals surface area (Å²) in [7, 11) is 2.83. The molecule has 1 aromatic heterocycles. The van der Waals surface area contributed by atoms with Crippen LogP contribution in [-0.4, -0.2) is 26.2 Å². The average molecular weight is 384 g/mol. The van der Waals surface area contributed by atoms with E-state index in [1.165, 1.54) is 25.6 Å². The fraction of sp³-hybridized carbons (Fsp3) is 0.200. The van der Waals surface area contributed by atoms with Gasteiger partial charge in [0.1, 0.15) is 0 Å². The van der Waals surface area contributed by atoms with Gasteiger partial charge in [-0.1, -0.05) is 12.1 Å². The second-order valence-electron chi connectivity index (χ2n) is 6.06. The Bertz CT molecular complexity index is 1030. The number of ether oxygens (including phenoxy) is 2. The number of thiophene rings is 1. The molecule has 0 saturated carbocycles. The lowest BCUT2D eigenvalue weighted by Crippen LogP contribution is -2.20. The number of nitrogens with one attached hydrogen (secondary N) is 2. The largest absolute Gasteiger partial charge is 0.494 e. The Balaban J connectivity index is 1.85. The van der Waals surface area contributed by atoms with E-state index in [4.69, 9.17) is 9.47 Å². The summed E-state index contributed by atoms with van der Waals surface area (Å²) in [6.07, 6.45) is 0. The van der Waals surface area contributed by atoms with Crippen molar-refractivity contribution < 1.29 is 19.1 Å². The summed E-state index contributed by atoms with van der Waals surface area (Å²) in [4.78, 5) is 24.7. The minimum Gasteiger partial charge on any atom is -0.494 e. The van der Waals surface area contributed by atoms with Crippen LogP contribution in [0.3, 0.4) is 0 Å². The molecule has 2 N–H and O–H groups in total. The van der Waals surface area contributed by atoms with Crippen LogP contribution in [0.1, 0.15) is 20.8 Å². The van der Waals surface area contributed by atoms with Crippen LogP contribution in [0.2, 0.25) is 0 Å². The van der Waals surface area contributed by atoms with Gasteiger partial charge in [-0.15, -0.1) is 11.3 Å². The second kappa shape index (κ2) is 7.67. The molecule has 0 spiro atoms. The van der Waals surface area contributed by atoms with E-state index in [1.54, 1.807) is 12.1 Å². The standard InChI is InChI=1S/C20H20N2O4S/c1-11-5-6-12(2)15(9-11)22-20(24)21-13-7-8-16-14(10-13)17(25-3)18(27-16)19(23)26-4/h5-10H,1-4H3,(H2,21,22,24). The van der Waals surface area contributed by atoms with Gasteiger partial charge in [-0.05, 0) is 49.2 Å². The molecule has 140 valence electrons. The maximum Gasteiger partial charge on any atom is 0.351 e. The van der Waals surface area contributed by atoms with Crippen molar-refractivity contribution in [1.29, 1.82) is 0 Å². The molecule has 0 atom stereocenters. The number of esters is 1. The third-order valence-electron chi connectivity index (χ3n) is 4.12. The summed E-state index contributed by atoms with van der Waals surface area (Å²) in [5.41, 5.74) is 3.40. The Morgan fingerprint density at radius 2 is 1.78 bits per heavy atom. The molecule has 0 aliphatic carbocycles. The molecule has 6 nitrogen and oxygen atoms in total. The van der Waals surface area contributed by atoms with E-state index in [1.807, 2.05) is 38.1 Å². The van der Waals surface area contributed by atoms with E-state index in [0.29, 0.717) is 16.3 Å². The van der Waals surface area contributed by atoms with E-state index in [2.05, 4.69) is 10.6 Å². The number of amides is 2. The van der Waals surface area contributed by atoms with Crippen molar-refractivity contribution >= 4 is 44.8 Å². The quantitative estimate of drug-likeness (QED) is 0.624. The summed E-state index contributed by atoms with van der Waals surface area (Å²) >= 11 is 1.29. The van der Waals surface area contributed by atoms with Gasteiger partial charge in [-0.25, -0.2) is 9.59 Å². The molecule has 0 aliphatic heterocycles. The number of urea groups is 1. The third kappa shape index (κ3) is 3.88. The molecular formula is C20H20N2O4S. The number of methoxy groups -OCH3 is 2. The summed E-state index contributed by atoms with van der Waals surface area (Å²) < 4.78 is 11.1. The van der Waals surface area contributed by atoms with Crippen molar-refractivity contribution in [2.75, 3.05) is 24.9 Å². The summed E-state index contributed by atoms with van der Waals surface area (Å²) in [5, 5.41) is 6.41. The molecular weight excluding hydrogens is 364 g/mol. The van der Waals surface area contributed by atoms with Crippen molar-refractivity contribution in [3.63, 3.8) is 0 Å². The van der Waals surface area contributed by atoms with Crippen molar-refractivity contribution in [3.05, 3.63) is 52.4 Å². The molecule has 1 heterocycles. The Morgan fingerprint density at radius 3 is 2.48 bits per heavy atom. The highest BCUT2D eigenvalue weighted by Crippen LogP contribution is 2.39. The van der Waals surface area contributed by atoms with Gasteiger partial charge in [0.05, 0.1) is 14.2 Å². The Kier molecular flexibility index (Phi) is 5.32. The van der Waals surface area contributed by atoms with Crippen molar-refractivity contribution in [1.82, 2.24) is 0 Å². The summed E-state index contributed by atoms with van der Waals surface area (Å²) in [6, 6.07) is 10.9. The topological polar surface area (TPSA) is 76.7 Å². The number of carbonyl (C=O) groups is 2. The van der Waals surface area contributed by atoms with Gasteiger partial charge in [-0.2, -0.15) is 0 Å². The number of aryl methyl sites for hydroxylation is 2. The molecule has 0 unspecified atom stereocenters. The third-order valence-corrected chi connectivity index (χ3v) is 5.25. The van der Waals surface area contributed by atoms with Crippen molar-refractivity contribution in [3.8, 4) is 5.75 Å². The van der Waals surface area contributed by atoms with E-state index < -0.39 is 5.97 Å². The van der Waals surface area contributed by atoms with Crippen LogP contribution in [0.15, 0.2) is 36.4 Å². The average Bonchev–Trinajstić information content (AvgIpc) is 3.01. The maximum absolute atomic E-state index is 12.4. The monoisotopic (exact) mass is 384 g/mol. The van der Waals surface area contributed by atoms with Crippen LogP contribution in [0.4, 0.5) is 16.2 Å². The van der Waals surface area contributed by atoms with Crippen LogP contribution < -0.4 is 15.4 Å². The van der Waals surface area contributed by atoms with E-state index in [9.17, 15) is 9.59 Å². The number of carbonyl (C=O) groups excluding carboxylic acids is 2. The first-order valence-electron chi connectivity index (χ1n) is 8.27. The SMILES string of the molecule is COC(=O)c1sc2ccc(NC(=O)Nc3cc(C)ccc3C)cc2c1OC. The van der Waals surface area contributed by atoms with E-state index in [0.717, 1.165) is 26.9 Å². The van der Waals surface area contributed by atoms with E-state index in [-0.39, 0.29) is 6.03 Å². The number of rotatable bonds is 4. The normalized spacial score (nSPS) is 10.5. The Hall–Kier alpha value is -3.06. The first kappa shape index (κ1) is 18.7. The first-order valence-corrected chi connectivity index (χ1v) is 9.08.